The monoisotopic (exact) mass is 296 g/mol. The minimum Gasteiger partial charge on any atom is -0.329 e. The summed E-state index contributed by atoms with van der Waals surface area (Å²) in [7, 11) is 0. The summed E-state index contributed by atoms with van der Waals surface area (Å²) in [4.78, 5) is 7.94. The van der Waals surface area contributed by atoms with E-state index in [9.17, 15) is 0 Å². The van der Waals surface area contributed by atoms with Gasteiger partial charge in [0.15, 0.2) is 0 Å². The van der Waals surface area contributed by atoms with Crippen LogP contribution < -0.4 is 5.73 Å². The SMILES string of the molecule is CC(C)N1CCN(C2(CN)CCCN(C(C)C)CC2)CC1. The topological polar surface area (TPSA) is 35.7 Å². The highest BCUT2D eigenvalue weighted by atomic mass is 15.3. The van der Waals surface area contributed by atoms with Crippen LogP contribution in [0.4, 0.5) is 0 Å². The Hall–Kier alpha value is -0.160. The van der Waals surface area contributed by atoms with E-state index in [-0.39, 0.29) is 5.54 Å². The standard InChI is InChI=1S/C17H36N4/c1-15(2)19-8-5-6-17(14-18,7-9-19)21-12-10-20(11-13-21)16(3)4/h15-16H,5-14,18H2,1-4H3. The lowest BCUT2D eigenvalue weighted by atomic mass is 9.87. The Labute approximate surface area is 131 Å². The molecule has 0 aromatic heterocycles. The number of piperazine rings is 1. The molecule has 0 spiro atoms. The van der Waals surface area contributed by atoms with Crippen LogP contribution in [0, 0.1) is 0 Å². The highest BCUT2D eigenvalue weighted by Crippen LogP contribution is 2.30. The van der Waals surface area contributed by atoms with Gasteiger partial charge in [-0.05, 0) is 53.5 Å². The van der Waals surface area contributed by atoms with Crippen molar-refractivity contribution >= 4 is 0 Å². The molecule has 4 nitrogen and oxygen atoms in total. The molecule has 0 aliphatic carbocycles. The van der Waals surface area contributed by atoms with Crippen molar-refractivity contribution in [1.82, 2.24) is 14.7 Å². The summed E-state index contributed by atoms with van der Waals surface area (Å²) in [5.74, 6) is 0. The number of likely N-dealkylation sites (tertiary alicyclic amines) is 1. The van der Waals surface area contributed by atoms with E-state index in [1.807, 2.05) is 0 Å². The van der Waals surface area contributed by atoms with E-state index in [1.54, 1.807) is 0 Å². The van der Waals surface area contributed by atoms with Gasteiger partial charge in [0, 0.05) is 56.9 Å². The van der Waals surface area contributed by atoms with E-state index < -0.39 is 0 Å². The van der Waals surface area contributed by atoms with E-state index in [1.165, 1.54) is 58.5 Å². The van der Waals surface area contributed by atoms with Gasteiger partial charge in [-0.25, -0.2) is 0 Å². The van der Waals surface area contributed by atoms with Gasteiger partial charge in [0.1, 0.15) is 0 Å². The van der Waals surface area contributed by atoms with Crippen LogP contribution in [0.1, 0.15) is 47.0 Å². The van der Waals surface area contributed by atoms with E-state index >= 15 is 0 Å². The Morgan fingerprint density at radius 3 is 1.90 bits per heavy atom. The highest BCUT2D eigenvalue weighted by molar-refractivity contribution is 4.97. The molecule has 2 fully saturated rings. The van der Waals surface area contributed by atoms with Crippen LogP contribution in [0.25, 0.3) is 0 Å². The second kappa shape index (κ2) is 7.40. The first-order valence-corrected chi connectivity index (χ1v) is 8.92. The van der Waals surface area contributed by atoms with Crippen LogP contribution in [0.3, 0.4) is 0 Å². The van der Waals surface area contributed by atoms with Crippen LogP contribution in [0.5, 0.6) is 0 Å². The maximum atomic E-state index is 6.28. The largest absolute Gasteiger partial charge is 0.329 e. The number of nitrogens with two attached hydrogens (primary N) is 1. The van der Waals surface area contributed by atoms with Crippen molar-refractivity contribution in [2.75, 3.05) is 45.8 Å². The van der Waals surface area contributed by atoms with Crippen molar-refractivity contribution < 1.29 is 0 Å². The fourth-order valence-electron chi connectivity index (χ4n) is 4.08. The van der Waals surface area contributed by atoms with Gasteiger partial charge < -0.3 is 10.6 Å². The van der Waals surface area contributed by atoms with E-state index in [4.69, 9.17) is 5.73 Å². The third kappa shape index (κ3) is 3.98. The molecular formula is C17H36N4. The average molecular weight is 297 g/mol. The van der Waals surface area contributed by atoms with Gasteiger partial charge in [0.2, 0.25) is 0 Å². The zero-order valence-electron chi connectivity index (χ0n) is 14.6. The van der Waals surface area contributed by atoms with Gasteiger partial charge >= 0.3 is 0 Å². The zero-order valence-corrected chi connectivity index (χ0v) is 14.6. The number of nitrogens with zero attached hydrogens (tertiary/aromatic N) is 3. The molecule has 2 N–H and O–H groups in total. The molecule has 1 unspecified atom stereocenters. The third-order valence-corrected chi connectivity index (χ3v) is 5.78. The summed E-state index contributed by atoms with van der Waals surface area (Å²) >= 11 is 0. The van der Waals surface area contributed by atoms with Crippen molar-refractivity contribution in [3.05, 3.63) is 0 Å². The van der Waals surface area contributed by atoms with Gasteiger partial charge in [-0.2, -0.15) is 0 Å². The molecule has 2 aliphatic heterocycles. The van der Waals surface area contributed by atoms with Crippen LogP contribution in [0.15, 0.2) is 0 Å². The molecule has 0 bridgehead atoms. The number of hydrogen-bond donors (Lipinski definition) is 1. The first kappa shape index (κ1) is 17.2. The molecule has 124 valence electrons. The second-order valence-corrected chi connectivity index (χ2v) is 7.53. The Morgan fingerprint density at radius 2 is 1.38 bits per heavy atom. The molecule has 0 radical (unpaired) electrons. The molecule has 0 amide bonds. The van der Waals surface area contributed by atoms with Gasteiger partial charge in [-0.3, -0.25) is 9.80 Å². The summed E-state index contributed by atoms with van der Waals surface area (Å²) in [5, 5.41) is 0. The van der Waals surface area contributed by atoms with Gasteiger partial charge in [-0.1, -0.05) is 0 Å². The second-order valence-electron chi connectivity index (χ2n) is 7.53. The maximum absolute atomic E-state index is 6.28. The van der Waals surface area contributed by atoms with Gasteiger partial charge in [0.25, 0.3) is 0 Å². The Morgan fingerprint density at radius 1 is 0.810 bits per heavy atom. The first-order valence-electron chi connectivity index (χ1n) is 8.92. The molecule has 2 rings (SSSR count). The average Bonchev–Trinajstić information content (AvgIpc) is 2.71. The molecule has 2 saturated heterocycles. The van der Waals surface area contributed by atoms with Crippen LogP contribution in [-0.4, -0.2) is 78.1 Å². The lowest BCUT2D eigenvalue weighted by Crippen LogP contribution is -2.61. The minimum absolute atomic E-state index is 0.257. The van der Waals surface area contributed by atoms with E-state index in [0.717, 1.165) is 6.54 Å². The fraction of sp³-hybridized carbons (Fsp3) is 1.00. The Bertz CT molecular complexity index is 310. The summed E-state index contributed by atoms with van der Waals surface area (Å²) in [6.07, 6.45) is 3.80. The van der Waals surface area contributed by atoms with Crippen molar-refractivity contribution in [1.29, 1.82) is 0 Å². The minimum atomic E-state index is 0.257. The zero-order chi connectivity index (χ0) is 15.5. The predicted octanol–water partition coefficient (Wildman–Crippen LogP) is 1.60. The summed E-state index contributed by atoms with van der Waals surface area (Å²) < 4.78 is 0. The smallest absolute Gasteiger partial charge is 0.0345 e. The lowest BCUT2D eigenvalue weighted by Gasteiger charge is -2.48. The molecule has 21 heavy (non-hydrogen) atoms. The summed E-state index contributed by atoms with van der Waals surface area (Å²) in [5.41, 5.74) is 6.54. The molecule has 0 saturated carbocycles. The summed E-state index contributed by atoms with van der Waals surface area (Å²) in [6.45, 7) is 17.3. The number of hydrogen-bond acceptors (Lipinski definition) is 4. The van der Waals surface area contributed by atoms with Gasteiger partial charge in [0.05, 0.1) is 0 Å². The predicted molar refractivity (Wildman–Crippen MR) is 90.6 cm³/mol. The van der Waals surface area contributed by atoms with Crippen molar-refractivity contribution in [3.8, 4) is 0 Å². The van der Waals surface area contributed by atoms with Crippen molar-refractivity contribution in [2.45, 2.75) is 64.6 Å². The maximum Gasteiger partial charge on any atom is 0.0345 e. The molecular weight excluding hydrogens is 260 g/mol. The van der Waals surface area contributed by atoms with E-state index in [2.05, 4.69) is 42.4 Å². The van der Waals surface area contributed by atoms with Crippen LogP contribution in [0.2, 0.25) is 0 Å². The number of rotatable bonds is 4. The Balaban J connectivity index is 1.98. The van der Waals surface area contributed by atoms with Crippen molar-refractivity contribution in [2.24, 2.45) is 5.73 Å². The molecule has 2 aliphatic rings. The van der Waals surface area contributed by atoms with Crippen LogP contribution >= 0.6 is 0 Å². The quantitative estimate of drug-likeness (QED) is 0.855. The normalized spacial score (nSPS) is 31.0. The first-order chi connectivity index (χ1) is 9.98. The lowest BCUT2D eigenvalue weighted by molar-refractivity contribution is 0.0170. The highest BCUT2D eigenvalue weighted by Gasteiger charge is 2.38. The van der Waals surface area contributed by atoms with Gasteiger partial charge in [-0.15, -0.1) is 0 Å². The fourth-order valence-corrected chi connectivity index (χ4v) is 4.08. The van der Waals surface area contributed by atoms with Crippen molar-refractivity contribution in [3.63, 3.8) is 0 Å². The molecule has 2 heterocycles. The molecule has 0 aromatic carbocycles. The Kier molecular flexibility index (Phi) is 6.06. The summed E-state index contributed by atoms with van der Waals surface area (Å²) in [6, 6.07) is 1.34. The molecule has 4 heteroatoms. The third-order valence-electron chi connectivity index (χ3n) is 5.78. The van der Waals surface area contributed by atoms with E-state index in [0.29, 0.717) is 12.1 Å². The molecule has 0 aromatic rings. The van der Waals surface area contributed by atoms with Crippen LogP contribution in [-0.2, 0) is 0 Å². The molecule has 1 atom stereocenters.